The van der Waals surface area contributed by atoms with Crippen LogP contribution in [0.15, 0.2) is 129 Å². The third-order valence-corrected chi connectivity index (χ3v) is 5.38. The van der Waals surface area contributed by atoms with E-state index < -0.39 is 24.6 Å². The zero-order valence-electron chi connectivity index (χ0n) is 21.6. The van der Waals surface area contributed by atoms with Crippen molar-refractivity contribution in [3.63, 3.8) is 0 Å². The first kappa shape index (κ1) is 37.9. The Bertz CT molecular complexity index is 1150. The van der Waals surface area contributed by atoms with Crippen molar-refractivity contribution in [1.29, 1.82) is 5.41 Å². The first-order chi connectivity index (χ1) is 19.5. The number of para-hydroxylation sites is 3. The van der Waals surface area contributed by atoms with E-state index in [2.05, 4.69) is 19.7 Å². The lowest BCUT2D eigenvalue weighted by Gasteiger charge is -2.23. The van der Waals surface area contributed by atoms with Crippen LogP contribution in [0.4, 0.5) is 0 Å². The van der Waals surface area contributed by atoms with Gasteiger partial charge in [-0.05, 0) is 36.4 Å². The second kappa shape index (κ2) is 23.8. The lowest BCUT2D eigenvalue weighted by atomic mass is 10.3. The number of carboxylic acids is 3. The third-order valence-electron chi connectivity index (χ3n) is 3.41. The number of benzene rings is 3. The normalized spacial score (nSPS) is 8.59. The molecule has 0 saturated heterocycles. The van der Waals surface area contributed by atoms with Crippen LogP contribution in [0.2, 0.25) is 0 Å². The maximum atomic E-state index is 9.25. The van der Waals surface area contributed by atoms with Crippen molar-refractivity contribution < 1.29 is 48.1 Å². The van der Waals surface area contributed by atoms with Gasteiger partial charge in [0.15, 0.2) is 0 Å². The zero-order valence-corrected chi connectivity index (χ0v) is 23.3. The Morgan fingerprint density at radius 3 is 0.951 bits per heavy atom. The number of carbonyl (C=O) groups is 3. The molecule has 0 atom stereocenters. The highest BCUT2D eigenvalue weighted by Crippen LogP contribution is 2.49. The lowest BCUT2D eigenvalue weighted by Crippen LogP contribution is -2.07. The fourth-order valence-electron chi connectivity index (χ4n) is 1.89. The van der Waals surface area contributed by atoms with E-state index in [9.17, 15) is 14.4 Å². The highest BCUT2D eigenvalue weighted by atomic mass is 32.5. The van der Waals surface area contributed by atoms with E-state index in [4.69, 9.17) is 50.9 Å². The van der Waals surface area contributed by atoms with Crippen LogP contribution < -0.4 is 13.6 Å². The Morgan fingerprint density at radius 2 is 0.805 bits per heavy atom. The van der Waals surface area contributed by atoms with Crippen LogP contribution >= 0.6 is 6.72 Å². The molecule has 0 aliphatic rings. The van der Waals surface area contributed by atoms with Gasteiger partial charge < -0.3 is 28.9 Å². The molecule has 0 aliphatic heterocycles. The lowest BCUT2D eigenvalue weighted by molar-refractivity contribution is -0.132. The number of carboxylic acid groups (broad SMARTS) is 3. The molecule has 3 aromatic carbocycles. The minimum atomic E-state index is -3.05. The van der Waals surface area contributed by atoms with E-state index in [1.807, 2.05) is 91.0 Å². The predicted octanol–water partition coefficient (Wildman–Crippen LogP) is 6.12. The molecule has 0 saturated carbocycles. The Kier molecular flexibility index (Phi) is 22.0. The van der Waals surface area contributed by atoms with E-state index in [0.717, 1.165) is 24.3 Å². The summed E-state index contributed by atoms with van der Waals surface area (Å²) in [4.78, 5) is 36.1. The standard InChI is InChI=1S/C18H15O3PS.3C3H4O2.CHNO/c23-22(19-16-10-4-1-5-11-16,20-17-12-6-2-7-13-17)21-18-14-8-3-9-15-18;3*1-2-3(4)5;2-1-3/h1-15H;3*2H,1H2,(H,4,5);2H. The highest BCUT2D eigenvalue weighted by Gasteiger charge is 2.26. The Hall–Kier alpha value is -5.28. The van der Waals surface area contributed by atoms with Crippen LogP contribution in [0, 0.1) is 5.41 Å². The molecule has 0 spiro atoms. The fraction of sp³-hybridized carbons (Fsp3) is 0. The molecule has 3 rings (SSSR count). The van der Waals surface area contributed by atoms with Crippen LogP contribution in [0.3, 0.4) is 0 Å². The zero-order chi connectivity index (χ0) is 31.5. The van der Waals surface area contributed by atoms with Gasteiger partial charge >= 0.3 is 24.6 Å². The molecule has 0 fully saturated rings. The number of carbonyl (C=O) groups excluding carboxylic acids is 1. The summed E-state index contributed by atoms with van der Waals surface area (Å²) in [6.07, 6.45) is 3.25. The Morgan fingerprint density at radius 1 is 0.634 bits per heavy atom. The second-order valence-corrected chi connectivity index (χ2v) is 9.17. The van der Waals surface area contributed by atoms with E-state index in [1.54, 1.807) is 0 Å². The molecular weight excluding hydrogens is 573 g/mol. The molecule has 13 heteroatoms. The average molecular weight is 602 g/mol. The molecule has 0 unspecified atom stereocenters. The first-order valence-corrected chi connectivity index (χ1v) is 13.5. The van der Waals surface area contributed by atoms with Crippen molar-refractivity contribution in [2.75, 3.05) is 0 Å². The maximum Gasteiger partial charge on any atom is 0.490 e. The van der Waals surface area contributed by atoms with Gasteiger partial charge in [-0.1, -0.05) is 74.3 Å². The maximum absolute atomic E-state index is 9.25. The molecule has 216 valence electrons. The van der Waals surface area contributed by atoms with Crippen molar-refractivity contribution in [3.8, 4) is 17.2 Å². The van der Waals surface area contributed by atoms with Crippen LogP contribution in [0.5, 0.6) is 17.2 Å². The van der Waals surface area contributed by atoms with E-state index >= 15 is 0 Å². The van der Waals surface area contributed by atoms with Gasteiger partial charge in [-0.3, -0.25) is 0 Å². The van der Waals surface area contributed by atoms with Gasteiger partial charge in [0.2, 0.25) is 6.08 Å². The van der Waals surface area contributed by atoms with E-state index in [1.165, 1.54) is 0 Å². The number of isocyanates is 1. The summed E-state index contributed by atoms with van der Waals surface area (Å²) in [6, 6.07) is 27.9. The van der Waals surface area contributed by atoms with E-state index in [0.29, 0.717) is 17.2 Å². The summed E-state index contributed by atoms with van der Waals surface area (Å²) in [5, 5.41) is 28.2. The molecular formula is C28H28NO10PS. The fourth-order valence-corrected chi connectivity index (χ4v) is 3.91. The summed E-state index contributed by atoms with van der Waals surface area (Å²) >= 11 is 5.59. The number of nitrogens with one attached hydrogen (secondary N) is 1. The smallest absolute Gasteiger partial charge is 0.478 e. The molecule has 3 aromatic rings. The van der Waals surface area contributed by atoms with Gasteiger partial charge in [-0.15, -0.1) is 0 Å². The monoisotopic (exact) mass is 601 g/mol. The van der Waals surface area contributed by atoms with Crippen LogP contribution in [0.1, 0.15) is 0 Å². The quantitative estimate of drug-likeness (QED) is 0.0960. The summed E-state index contributed by atoms with van der Waals surface area (Å²) in [5.41, 5.74) is 0. The SMILES string of the molecule is C=CC(=O)O.C=CC(=O)O.C=CC(=O)O.N=C=O.S=P(Oc1ccccc1)(Oc1ccccc1)Oc1ccccc1. The van der Waals surface area contributed by atoms with Gasteiger partial charge in [0.25, 0.3) is 0 Å². The summed E-state index contributed by atoms with van der Waals surface area (Å²) in [6.45, 7) is 5.83. The molecule has 0 bridgehead atoms. The Labute approximate surface area is 242 Å². The van der Waals surface area contributed by atoms with Gasteiger partial charge in [0, 0.05) is 30.0 Å². The molecule has 0 aromatic heterocycles. The van der Waals surface area contributed by atoms with Crippen molar-refractivity contribution in [1.82, 2.24) is 0 Å². The third kappa shape index (κ3) is 23.6. The molecule has 0 heterocycles. The number of rotatable bonds is 9. The summed E-state index contributed by atoms with van der Waals surface area (Å²) < 4.78 is 17.7. The Balaban J connectivity index is 0. The van der Waals surface area contributed by atoms with Crippen molar-refractivity contribution in [3.05, 3.63) is 129 Å². The highest BCUT2D eigenvalue weighted by molar-refractivity contribution is 8.08. The largest absolute Gasteiger partial charge is 0.490 e. The number of hydrogen-bond donors (Lipinski definition) is 4. The van der Waals surface area contributed by atoms with Crippen LogP contribution in [-0.4, -0.2) is 39.3 Å². The van der Waals surface area contributed by atoms with Crippen molar-refractivity contribution in [2.24, 2.45) is 0 Å². The summed E-state index contributed by atoms with van der Waals surface area (Å²) in [7, 11) is 0. The van der Waals surface area contributed by atoms with Crippen LogP contribution in [0.25, 0.3) is 0 Å². The molecule has 0 amide bonds. The van der Waals surface area contributed by atoms with Gasteiger partial charge in [0.05, 0.1) is 0 Å². The minimum Gasteiger partial charge on any atom is -0.478 e. The first-order valence-electron chi connectivity index (χ1n) is 10.9. The van der Waals surface area contributed by atoms with Crippen molar-refractivity contribution >= 4 is 42.5 Å². The number of hydrogen-bond acceptors (Lipinski definition) is 9. The minimum absolute atomic E-state index is 0.614. The summed E-state index contributed by atoms with van der Waals surface area (Å²) in [5.74, 6) is -1.10. The van der Waals surface area contributed by atoms with Crippen LogP contribution in [-0.2, 0) is 31.0 Å². The second-order valence-electron chi connectivity index (χ2n) is 6.39. The van der Waals surface area contributed by atoms with Gasteiger partial charge in [-0.25, -0.2) is 24.6 Å². The van der Waals surface area contributed by atoms with E-state index in [-0.39, 0.29) is 0 Å². The molecule has 0 aliphatic carbocycles. The molecule has 0 radical (unpaired) electrons. The average Bonchev–Trinajstić information content (AvgIpc) is 2.95. The number of aliphatic carboxylic acids is 3. The predicted molar refractivity (Wildman–Crippen MR) is 157 cm³/mol. The molecule has 11 nitrogen and oxygen atoms in total. The van der Waals surface area contributed by atoms with Crippen molar-refractivity contribution in [2.45, 2.75) is 0 Å². The molecule has 4 N–H and O–H groups in total. The topological polar surface area (TPSA) is 181 Å². The molecule has 41 heavy (non-hydrogen) atoms. The van der Waals surface area contributed by atoms with Gasteiger partial charge in [-0.2, -0.15) is 0 Å². The van der Waals surface area contributed by atoms with Gasteiger partial charge in [0.1, 0.15) is 17.2 Å².